The van der Waals surface area contributed by atoms with Gasteiger partial charge in [-0.1, -0.05) is 37.6 Å². The van der Waals surface area contributed by atoms with Crippen LogP contribution in [0.5, 0.6) is 0 Å². The molecule has 0 heterocycles. The first-order chi connectivity index (χ1) is 5.72. The maximum Gasteiger partial charge on any atom is -0.0160 e. The van der Waals surface area contributed by atoms with Crippen LogP contribution in [0.4, 0.5) is 0 Å². The summed E-state index contributed by atoms with van der Waals surface area (Å²) >= 11 is 0. The Bertz CT molecular complexity index is 214. The normalized spacial score (nSPS) is 16.2. The zero-order valence-electron chi connectivity index (χ0n) is 8.94. The van der Waals surface area contributed by atoms with Gasteiger partial charge < -0.3 is 0 Å². The highest BCUT2D eigenvalue weighted by Gasteiger charge is 1.97. The third-order valence-corrected chi connectivity index (χ3v) is 2.11. The lowest BCUT2D eigenvalue weighted by Crippen LogP contribution is -1.80. The van der Waals surface area contributed by atoms with Crippen molar-refractivity contribution in [3.63, 3.8) is 0 Å². The molecule has 0 heteroatoms. The number of allylic oxidation sites excluding steroid dienone is 6. The van der Waals surface area contributed by atoms with Crippen LogP contribution in [0.2, 0.25) is 0 Å². The largest absolute Gasteiger partial charge is 0.0805 e. The Morgan fingerprint density at radius 2 is 1.67 bits per heavy atom. The van der Waals surface area contributed by atoms with Gasteiger partial charge in [-0.25, -0.2) is 0 Å². The molecular formula is C12H20. The summed E-state index contributed by atoms with van der Waals surface area (Å²) in [6, 6.07) is 0. The predicted octanol–water partition coefficient (Wildman–Crippen LogP) is 4.26. The molecule has 0 fully saturated rings. The molecule has 0 unspecified atom stereocenters. The molecule has 0 saturated carbocycles. The van der Waals surface area contributed by atoms with Crippen LogP contribution >= 0.6 is 0 Å². The second-order valence-electron chi connectivity index (χ2n) is 2.83. The topological polar surface area (TPSA) is 0 Å². The standard InChI is InChI=1S/C10H14.C2H6/c1-8-6-4-5-7-9(2)10(8)3;1-2/h4,6-7H,5H2,1-3H3;1-2H3. The molecule has 0 aromatic rings. The van der Waals surface area contributed by atoms with Crippen LogP contribution in [-0.2, 0) is 0 Å². The molecule has 12 heavy (non-hydrogen) atoms. The second kappa shape index (κ2) is 5.82. The van der Waals surface area contributed by atoms with E-state index >= 15 is 0 Å². The van der Waals surface area contributed by atoms with Crippen LogP contribution in [0.3, 0.4) is 0 Å². The highest BCUT2D eigenvalue weighted by atomic mass is 14.0. The van der Waals surface area contributed by atoms with Gasteiger partial charge in [0, 0.05) is 0 Å². The minimum Gasteiger partial charge on any atom is -0.0805 e. The summed E-state index contributed by atoms with van der Waals surface area (Å²) in [7, 11) is 0. The summed E-state index contributed by atoms with van der Waals surface area (Å²) in [4.78, 5) is 0. The van der Waals surface area contributed by atoms with Gasteiger partial charge in [0.1, 0.15) is 0 Å². The van der Waals surface area contributed by atoms with E-state index in [1.165, 1.54) is 16.7 Å². The van der Waals surface area contributed by atoms with Gasteiger partial charge in [0.15, 0.2) is 0 Å². The maximum atomic E-state index is 2.27. The number of hydrogen-bond acceptors (Lipinski definition) is 0. The SMILES string of the molecule is CC.CC1=CCC=CC(C)=C1C. The van der Waals surface area contributed by atoms with Crippen LogP contribution in [0.15, 0.2) is 34.9 Å². The third kappa shape index (κ3) is 3.08. The second-order valence-corrected chi connectivity index (χ2v) is 2.83. The molecule has 68 valence electrons. The molecule has 0 N–H and O–H groups in total. The van der Waals surface area contributed by atoms with E-state index in [1.54, 1.807) is 0 Å². The molecule has 1 aliphatic rings. The van der Waals surface area contributed by atoms with Crippen LogP contribution in [-0.4, -0.2) is 0 Å². The lowest BCUT2D eigenvalue weighted by Gasteiger charge is -2.00. The minimum atomic E-state index is 1.08. The lowest BCUT2D eigenvalue weighted by atomic mass is 10.1. The van der Waals surface area contributed by atoms with Crippen molar-refractivity contribution < 1.29 is 0 Å². The quantitative estimate of drug-likeness (QED) is 0.502. The summed E-state index contributed by atoms with van der Waals surface area (Å²) in [6.45, 7) is 10.5. The van der Waals surface area contributed by atoms with Gasteiger partial charge in [-0.05, 0) is 38.3 Å². The van der Waals surface area contributed by atoms with Crippen molar-refractivity contribution in [2.45, 2.75) is 41.0 Å². The first-order valence-corrected chi connectivity index (χ1v) is 4.73. The molecule has 1 rings (SSSR count). The Morgan fingerprint density at radius 1 is 1.08 bits per heavy atom. The summed E-state index contributed by atoms with van der Waals surface area (Å²) in [5, 5.41) is 0. The Morgan fingerprint density at radius 3 is 2.25 bits per heavy atom. The zero-order chi connectivity index (χ0) is 9.56. The molecule has 0 bridgehead atoms. The van der Waals surface area contributed by atoms with E-state index in [-0.39, 0.29) is 0 Å². The minimum absolute atomic E-state index is 1.08. The molecule has 0 radical (unpaired) electrons. The van der Waals surface area contributed by atoms with E-state index in [1.807, 2.05) is 13.8 Å². The fourth-order valence-corrected chi connectivity index (χ4v) is 1.08. The van der Waals surface area contributed by atoms with Gasteiger partial charge in [0.2, 0.25) is 0 Å². The molecular weight excluding hydrogens is 144 g/mol. The van der Waals surface area contributed by atoms with E-state index in [0.29, 0.717) is 0 Å². The fourth-order valence-electron chi connectivity index (χ4n) is 1.08. The molecule has 0 nitrogen and oxygen atoms in total. The van der Waals surface area contributed by atoms with Gasteiger partial charge in [0.25, 0.3) is 0 Å². The van der Waals surface area contributed by atoms with Crippen LogP contribution in [0.1, 0.15) is 41.0 Å². The van der Waals surface area contributed by atoms with E-state index in [9.17, 15) is 0 Å². The highest BCUT2D eigenvalue weighted by Crippen LogP contribution is 2.18. The molecule has 0 aromatic heterocycles. The monoisotopic (exact) mass is 164 g/mol. The van der Waals surface area contributed by atoms with Crippen LogP contribution in [0.25, 0.3) is 0 Å². The van der Waals surface area contributed by atoms with Crippen LogP contribution < -0.4 is 0 Å². The van der Waals surface area contributed by atoms with Gasteiger partial charge in [0.05, 0.1) is 0 Å². The van der Waals surface area contributed by atoms with Crippen molar-refractivity contribution in [3.8, 4) is 0 Å². The first kappa shape index (κ1) is 11.2. The Kier molecular flexibility index (Phi) is 5.44. The molecule has 0 aromatic carbocycles. The highest BCUT2D eigenvalue weighted by molar-refractivity contribution is 5.38. The van der Waals surface area contributed by atoms with Crippen molar-refractivity contribution >= 4 is 0 Å². The average molecular weight is 164 g/mol. The molecule has 1 aliphatic carbocycles. The van der Waals surface area contributed by atoms with Gasteiger partial charge in [-0.15, -0.1) is 0 Å². The predicted molar refractivity (Wildman–Crippen MR) is 57.2 cm³/mol. The lowest BCUT2D eigenvalue weighted by molar-refractivity contribution is 1.26. The number of rotatable bonds is 0. The molecule has 0 aliphatic heterocycles. The van der Waals surface area contributed by atoms with E-state index < -0.39 is 0 Å². The van der Waals surface area contributed by atoms with Gasteiger partial charge in [-0.3, -0.25) is 0 Å². The van der Waals surface area contributed by atoms with Gasteiger partial charge in [-0.2, -0.15) is 0 Å². The van der Waals surface area contributed by atoms with Crippen molar-refractivity contribution in [1.29, 1.82) is 0 Å². The van der Waals surface area contributed by atoms with Crippen molar-refractivity contribution in [3.05, 3.63) is 34.9 Å². The van der Waals surface area contributed by atoms with Crippen LogP contribution in [0, 0.1) is 0 Å². The summed E-state index contributed by atoms with van der Waals surface area (Å²) in [6.07, 6.45) is 7.75. The Labute approximate surface area is 76.7 Å². The fraction of sp³-hybridized carbons (Fsp3) is 0.500. The maximum absolute atomic E-state index is 2.27. The summed E-state index contributed by atoms with van der Waals surface area (Å²) in [5.41, 5.74) is 4.24. The van der Waals surface area contributed by atoms with E-state index in [2.05, 4.69) is 39.0 Å². The zero-order valence-corrected chi connectivity index (χ0v) is 8.94. The van der Waals surface area contributed by atoms with Crippen molar-refractivity contribution in [2.24, 2.45) is 0 Å². The summed E-state index contributed by atoms with van der Waals surface area (Å²) < 4.78 is 0. The van der Waals surface area contributed by atoms with Gasteiger partial charge >= 0.3 is 0 Å². The number of hydrogen-bond donors (Lipinski definition) is 0. The van der Waals surface area contributed by atoms with Crippen molar-refractivity contribution in [2.75, 3.05) is 0 Å². The smallest absolute Gasteiger partial charge is 0.0160 e. The Hall–Kier alpha value is -0.780. The van der Waals surface area contributed by atoms with Crippen molar-refractivity contribution in [1.82, 2.24) is 0 Å². The van der Waals surface area contributed by atoms with E-state index in [0.717, 1.165) is 6.42 Å². The molecule has 0 amide bonds. The van der Waals surface area contributed by atoms with E-state index in [4.69, 9.17) is 0 Å². The summed E-state index contributed by atoms with van der Waals surface area (Å²) in [5.74, 6) is 0. The Balaban J connectivity index is 0.000000561. The molecule has 0 spiro atoms. The molecule has 0 saturated heterocycles. The first-order valence-electron chi connectivity index (χ1n) is 4.73. The molecule has 0 atom stereocenters. The third-order valence-electron chi connectivity index (χ3n) is 2.11. The average Bonchev–Trinajstić information content (AvgIpc) is 2.24.